The normalized spacial score (nSPS) is 12.2. The molecule has 0 spiro atoms. The van der Waals surface area contributed by atoms with Crippen LogP contribution in [0.15, 0.2) is 399 Å². The zero-order valence-corrected chi connectivity index (χ0v) is 63.7. The first-order valence-corrected chi connectivity index (χ1v) is 40.5. The first-order chi connectivity index (χ1) is 58.5. The van der Waals surface area contributed by atoms with E-state index in [1.807, 2.05) is 0 Å². The average Bonchev–Trinajstić information content (AvgIpc) is 1.61. The fraction of sp³-hybridized carbons (Fsp3) is 0. The van der Waals surface area contributed by atoms with E-state index < -0.39 is 0 Å². The zero-order chi connectivity index (χ0) is 77.0. The lowest BCUT2D eigenvalue weighted by molar-refractivity contribution is 0.669. The Morgan fingerprint density at radius 3 is 1.17 bits per heavy atom. The van der Waals surface area contributed by atoms with Crippen LogP contribution in [0.4, 0.5) is 0 Å². The topological polar surface area (TPSA) is 53.7 Å². The van der Waals surface area contributed by atoms with Crippen molar-refractivity contribution >= 4 is 120 Å². The molecule has 6 heterocycles. The molecule has 0 saturated heterocycles. The Morgan fingerprint density at radius 1 is 0.186 bits per heavy atom. The van der Waals surface area contributed by atoms with Gasteiger partial charge in [0.1, 0.15) is 11.2 Å². The van der Waals surface area contributed by atoms with E-state index in [1.54, 1.807) is 0 Å². The quantitative estimate of drug-likeness (QED) is 0.137. The van der Waals surface area contributed by atoms with Crippen molar-refractivity contribution in [3.63, 3.8) is 0 Å². The molecular formula is C112H65N5O. The molecule has 0 N–H and O–H groups in total. The minimum atomic E-state index is 0.893. The lowest BCUT2D eigenvalue weighted by atomic mass is 9.94. The van der Waals surface area contributed by atoms with Crippen LogP contribution in [-0.4, -0.2) is 23.7 Å². The molecule has 0 radical (unpaired) electrons. The second-order valence-electron chi connectivity index (χ2n) is 31.8. The Labute approximate surface area is 677 Å². The van der Waals surface area contributed by atoms with Crippen molar-refractivity contribution in [1.82, 2.24) is 23.7 Å². The Hall–Kier alpha value is -15.8. The molecule has 6 aromatic heterocycles. The van der Waals surface area contributed by atoms with Crippen molar-refractivity contribution < 1.29 is 4.42 Å². The van der Waals surface area contributed by atoms with E-state index >= 15 is 0 Å². The van der Waals surface area contributed by atoms with Gasteiger partial charge in [-0.1, -0.05) is 249 Å². The minimum absolute atomic E-state index is 0.893. The van der Waals surface area contributed by atoms with Gasteiger partial charge in [0.05, 0.1) is 44.5 Å². The number of para-hydroxylation sites is 2. The number of hydrogen-bond acceptors (Lipinski definition) is 3. The maximum atomic E-state index is 6.45. The number of benzene rings is 18. The maximum absolute atomic E-state index is 6.45. The van der Waals surface area contributed by atoms with Crippen molar-refractivity contribution in [3.8, 4) is 140 Å². The Balaban J connectivity index is 0.578. The van der Waals surface area contributed by atoms with Gasteiger partial charge in [-0.2, -0.15) is 0 Å². The van der Waals surface area contributed by atoms with Crippen LogP contribution < -0.4 is 0 Å². The standard InChI is InChI=1S/C112H65N5O/c1-3-18-66(19-4-1)69-22-14-29-82(55-69)117-102-50-39-71(68-21-13-23-77(54-68)111-109-88-34-10-9-32-85(88)87-35-16-25-79(64-113-111)106(87)109)59-95(102)96-62-75(43-51-103(96)117)74-42-49-101-94(61-74)93-60-73(41-48-100(93)115(101)81-27-5-2-6-28-81)70-38-46-90-91(57-70)89-36-17-26-80-65-114-112(110(90)107(80)89)78-24-15-30-83(56-78)116-98-37-12-11-33-86(98)92-58-72(40-47-99(92)116)76-45-52-104-97(63-76)108-84-31-8-7-20-67(84)44-53-105(108)118-104/h1-65H. The van der Waals surface area contributed by atoms with Crippen LogP contribution in [0.25, 0.3) is 259 Å². The fourth-order valence-corrected chi connectivity index (χ4v) is 20.2. The molecule has 544 valence electrons. The van der Waals surface area contributed by atoms with Crippen molar-refractivity contribution in [1.29, 1.82) is 0 Å². The molecule has 118 heavy (non-hydrogen) atoms. The number of rotatable bonds is 10. The van der Waals surface area contributed by atoms with Crippen LogP contribution in [0.2, 0.25) is 0 Å². The van der Waals surface area contributed by atoms with Gasteiger partial charge in [0, 0.05) is 116 Å². The van der Waals surface area contributed by atoms with E-state index in [0.717, 1.165) is 150 Å². The average molecular weight is 1500 g/mol. The van der Waals surface area contributed by atoms with Crippen molar-refractivity contribution in [2.24, 2.45) is 0 Å². The Bertz CT molecular complexity index is 8500. The summed E-state index contributed by atoms with van der Waals surface area (Å²) in [5, 5.41) is 16.6. The van der Waals surface area contributed by atoms with Crippen LogP contribution in [0.1, 0.15) is 0 Å². The molecule has 18 aromatic carbocycles. The maximum Gasteiger partial charge on any atom is 0.136 e. The molecule has 0 aliphatic heterocycles. The van der Waals surface area contributed by atoms with Gasteiger partial charge in [-0.15, -0.1) is 0 Å². The number of furan rings is 1. The smallest absolute Gasteiger partial charge is 0.136 e. The van der Waals surface area contributed by atoms with Crippen molar-refractivity contribution in [3.05, 3.63) is 395 Å². The van der Waals surface area contributed by atoms with E-state index in [-0.39, 0.29) is 0 Å². The summed E-state index contributed by atoms with van der Waals surface area (Å²) in [6, 6.07) is 141. The van der Waals surface area contributed by atoms with Gasteiger partial charge in [0.15, 0.2) is 0 Å². The monoisotopic (exact) mass is 1500 g/mol. The number of hydrogen-bond donors (Lipinski definition) is 0. The molecular weight excluding hydrogens is 1430 g/mol. The van der Waals surface area contributed by atoms with Gasteiger partial charge < -0.3 is 18.1 Å². The summed E-state index contributed by atoms with van der Waals surface area (Å²) in [4.78, 5) is 10.6. The highest BCUT2D eigenvalue weighted by Gasteiger charge is 2.30. The van der Waals surface area contributed by atoms with E-state index in [1.165, 1.54) is 109 Å². The summed E-state index contributed by atoms with van der Waals surface area (Å²) in [5.74, 6) is 0. The first kappa shape index (κ1) is 64.7. The van der Waals surface area contributed by atoms with E-state index in [4.69, 9.17) is 14.4 Å². The van der Waals surface area contributed by atoms with Crippen LogP contribution in [0.5, 0.6) is 0 Å². The summed E-state index contributed by atoms with van der Waals surface area (Å²) >= 11 is 0. The summed E-state index contributed by atoms with van der Waals surface area (Å²) in [7, 11) is 0. The molecule has 2 aliphatic rings. The first-order valence-electron chi connectivity index (χ1n) is 40.5. The fourth-order valence-electron chi connectivity index (χ4n) is 20.2. The second kappa shape index (κ2) is 24.9. The molecule has 2 aliphatic carbocycles. The predicted molar refractivity (Wildman–Crippen MR) is 492 cm³/mol. The highest BCUT2D eigenvalue weighted by molar-refractivity contribution is 6.23. The SMILES string of the molecule is c1ccc(-c2cccc(-n3c4ccc(-c5cccc(-c6ncc7cccc8c7c6-c6ccccc6-8)c5)cc4c4cc(-c5ccc6c(c5)c5cc(-c7ccc8c(c7)-c7cccc9cnc(-c%10cccc(-n%11c%12ccccc%12c%12cc(-c%13ccc%14oc%15ccc%16ccccc%16c%15c%14c%13)ccc%12%11)c%10)c-8c79)ccc5n6-c5ccccc5)ccc43)c2)cc1. The lowest BCUT2D eigenvalue weighted by Crippen LogP contribution is -1.95. The third-order valence-electron chi connectivity index (χ3n) is 25.5. The van der Waals surface area contributed by atoms with Gasteiger partial charge in [-0.3, -0.25) is 9.97 Å². The van der Waals surface area contributed by atoms with Gasteiger partial charge >= 0.3 is 0 Å². The van der Waals surface area contributed by atoms with Gasteiger partial charge in [0.2, 0.25) is 0 Å². The highest BCUT2D eigenvalue weighted by Crippen LogP contribution is 2.54. The lowest BCUT2D eigenvalue weighted by Gasteiger charge is -2.13. The van der Waals surface area contributed by atoms with Gasteiger partial charge in [0.25, 0.3) is 0 Å². The van der Waals surface area contributed by atoms with E-state index in [0.29, 0.717) is 0 Å². The zero-order valence-electron chi connectivity index (χ0n) is 63.7. The third-order valence-corrected chi connectivity index (χ3v) is 25.5. The molecule has 6 heteroatoms. The van der Waals surface area contributed by atoms with Crippen molar-refractivity contribution in [2.75, 3.05) is 0 Å². The molecule has 0 atom stereocenters. The number of nitrogens with zero attached hydrogens (tertiary/aromatic N) is 5. The highest BCUT2D eigenvalue weighted by atomic mass is 16.3. The minimum Gasteiger partial charge on any atom is -0.456 e. The molecule has 24 aromatic rings. The number of aromatic nitrogens is 5. The second-order valence-corrected chi connectivity index (χ2v) is 31.8. The van der Waals surface area contributed by atoms with Crippen LogP contribution in [0, 0.1) is 0 Å². The number of pyridine rings is 2. The molecule has 0 fully saturated rings. The Morgan fingerprint density at radius 2 is 0.559 bits per heavy atom. The number of fused-ring (bicyclic) bond motifs is 20. The Kier molecular flexibility index (Phi) is 13.6. The predicted octanol–water partition coefficient (Wildman–Crippen LogP) is 30.1. The van der Waals surface area contributed by atoms with Crippen LogP contribution >= 0.6 is 0 Å². The molecule has 0 saturated carbocycles. The molecule has 26 rings (SSSR count). The van der Waals surface area contributed by atoms with Crippen molar-refractivity contribution in [2.45, 2.75) is 0 Å². The summed E-state index contributed by atoms with van der Waals surface area (Å²) in [6.07, 6.45) is 4.12. The van der Waals surface area contributed by atoms with Crippen LogP contribution in [0.3, 0.4) is 0 Å². The summed E-state index contributed by atoms with van der Waals surface area (Å²) in [5.41, 5.74) is 37.4. The van der Waals surface area contributed by atoms with Gasteiger partial charge in [-0.25, -0.2) is 0 Å². The van der Waals surface area contributed by atoms with E-state index in [9.17, 15) is 0 Å². The summed E-state index contributed by atoms with van der Waals surface area (Å²) < 4.78 is 13.8. The van der Waals surface area contributed by atoms with E-state index in [2.05, 4.69) is 408 Å². The molecule has 6 nitrogen and oxygen atoms in total. The van der Waals surface area contributed by atoms with Crippen LogP contribution in [-0.2, 0) is 0 Å². The largest absolute Gasteiger partial charge is 0.456 e. The molecule has 0 unspecified atom stereocenters. The van der Waals surface area contributed by atoms with Gasteiger partial charge in [-0.05, 0) is 233 Å². The third kappa shape index (κ3) is 9.57. The summed E-state index contributed by atoms with van der Waals surface area (Å²) in [6.45, 7) is 0. The molecule has 0 bridgehead atoms. The molecule has 0 amide bonds.